The highest BCUT2D eigenvalue weighted by Gasteiger charge is 2.18. The van der Waals surface area contributed by atoms with Gasteiger partial charge in [0.15, 0.2) is 11.5 Å². The van der Waals surface area contributed by atoms with E-state index < -0.39 is 0 Å². The van der Waals surface area contributed by atoms with Gasteiger partial charge in [-0.3, -0.25) is 0 Å². The van der Waals surface area contributed by atoms with Gasteiger partial charge >= 0.3 is 0 Å². The molecular weight excluding hydrogens is 290 g/mol. The maximum Gasteiger partial charge on any atom is 0.231 e. The first-order valence-electron chi connectivity index (χ1n) is 7.51. The summed E-state index contributed by atoms with van der Waals surface area (Å²) in [5.41, 5.74) is 2.91. The van der Waals surface area contributed by atoms with E-state index in [1.807, 2.05) is 49.4 Å². The summed E-state index contributed by atoms with van der Waals surface area (Å²) in [6.07, 6.45) is 0. The fourth-order valence-electron chi connectivity index (χ4n) is 2.83. The highest BCUT2D eigenvalue weighted by atomic mass is 16.7. The molecule has 0 N–H and O–H groups in total. The Morgan fingerprint density at radius 2 is 2.04 bits per heavy atom. The minimum absolute atomic E-state index is 0.0969. The second-order valence-corrected chi connectivity index (χ2v) is 5.63. The average Bonchev–Trinajstić information content (AvgIpc) is 3.19. The Hall–Kier alpha value is -3.00. The van der Waals surface area contributed by atoms with Gasteiger partial charge in [-0.05, 0) is 37.3 Å². The van der Waals surface area contributed by atoms with Gasteiger partial charge in [-0.15, -0.1) is 0 Å². The highest BCUT2D eigenvalue weighted by molar-refractivity contribution is 5.81. The van der Waals surface area contributed by atoms with Gasteiger partial charge in [0.2, 0.25) is 6.79 Å². The Balaban J connectivity index is 1.88. The zero-order chi connectivity index (χ0) is 15.8. The molecule has 0 aliphatic carbocycles. The normalized spacial score (nSPS) is 13.9. The molecule has 0 fully saturated rings. The maximum absolute atomic E-state index is 9.17. The first-order valence-corrected chi connectivity index (χ1v) is 7.51. The van der Waals surface area contributed by atoms with E-state index >= 15 is 0 Å². The van der Waals surface area contributed by atoms with Crippen molar-refractivity contribution >= 4 is 11.0 Å². The van der Waals surface area contributed by atoms with Crippen molar-refractivity contribution in [2.75, 3.05) is 6.79 Å². The zero-order valence-electron chi connectivity index (χ0n) is 12.7. The van der Waals surface area contributed by atoms with Crippen LogP contribution in [0.5, 0.6) is 11.5 Å². The lowest BCUT2D eigenvalue weighted by atomic mass is 10.1. The van der Waals surface area contributed by atoms with Crippen molar-refractivity contribution in [2.24, 2.45) is 5.92 Å². The SMILES string of the molecule is CC(C#N)Cn1c(-c2ccc3c(c2)OCO3)nc2ccccc21. The molecule has 0 bridgehead atoms. The number of ether oxygens (including phenoxy) is 2. The van der Waals surface area contributed by atoms with E-state index in [4.69, 9.17) is 14.5 Å². The molecule has 5 heteroatoms. The van der Waals surface area contributed by atoms with Crippen molar-refractivity contribution in [1.29, 1.82) is 5.26 Å². The monoisotopic (exact) mass is 305 g/mol. The molecule has 114 valence electrons. The minimum Gasteiger partial charge on any atom is -0.454 e. The third-order valence-electron chi connectivity index (χ3n) is 3.96. The summed E-state index contributed by atoms with van der Waals surface area (Å²) < 4.78 is 12.9. The third kappa shape index (κ3) is 2.29. The molecule has 1 atom stereocenters. The molecule has 1 aliphatic heterocycles. The second-order valence-electron chi connectivity index (χ2n) is 5.63. The van der Waals surface area contributed by atoms with Gasteiger partial charge in [0, 0.05) is 12.1 Å². The number of imidazole rings is 1. The zero-order valence-corrected chi connectivity index (χ0v) is 12.7. The highest BCUT2D eigenvalue weighted by Crippen LogP contribution is 2.36. The van der Waals surface area contributed by atoms with Crippen molar-refractivity contribution in [2.45, 2.75) is 13.5 Å². The molecule has 1 unspecified atom stereocenters. The van der Waals surface area contributed by atoms with Crippen LogP contribution in [0.3, 0.4) is 0 Å². The summed E-state index contributed by atoms with van der Waals surface area (Å²) in [7, 11) is 0. The Kier molecular flexibility index (Phi) is 3.16. The summed E-state index contributed by atoms with van der Waals surface area (Å²) in [4.78, 5) is 4.75. The molecule has 0 amide bonds. The predicted octanol–water partition coefficient (Wildman–Crippen LogP) is 3.59. The van der Waals surface area contributed by atoms with E-state index in [9.17, 15) is 5.26 Å². The van der Waals surface area contributed by atoms with Crippen LogP contribution in [0.15, 0.2) is 42.5 Å². The molecule has 23 heavy (non-hydrogen) atoms. The van der Waals surface area contributed by atoms with Crippen LogP contribution in [-0.4, -0.2) is 16.3 Å². The Morgan fingerprint density at radius 1 is 1.22 bits per heavy atom. The lowest BCUT2D eigenvalue weighted by molar-refractivity contribution is 0.174. The van der Waals surface area contributed by atoms with Crippen LogP contribution >= 0.6 is 0 Å². The Morgan fingerprint density at radius 3 is 2.91 bits per heavy atom. The standard InChI is InChI=1S/C18H15N3O2/c1-12(9-19)10-21-15-5-3-2-4-14(15)20-18(21)13-6-7-16-17(8-13)23-11-22-16/h2-8,12H,10-11H2,1H3. The van der Waals surface area contributed by atoms with Gasteiger partial charge in [-0.1, -0.05) is 12.1 Å². The topological polar surface area (TPSA) is 60.1 Å². The van der Waals surface area contributed by atoms with E-state index in [-0.39, 0.29) is 12.7 Å². The van der Waals surface area contributed by atoms with Crippen LogP contribution in [-0.2, 0) is 6.54 Å². The fraction of sp³-hybridized carbons (Fsp3) is 0.222. The third-order valence-corrected chi connectivity index (χ3v) is 3.96. The molecule has 0 saturated carbocycles. The molecule has 0 radical (unpaired) electrons. The van der Waals surface area contributed by atoms with Gasteiger partial charge < -0.3 is 14.0 Å². The predicted molar refractivity (Wildman–Crippen MR) is 86.1 cm³/mol. The lowest BCUT2D eigenvalue weighted by Gasteiger charge is -2.11. The second kappa shape index (κ2) is 5.33. The van der Waals surface area contributed by atoms with Crippen LogP contribution in [0.25, 0.3) is 22.4 Å². The molecule has 2 heterocycles. The lowest BCUT2D eigenvalue weighted by Crippen LogP contribution is -2.07. The molecule has 1 aromatic heterocycles. The molecular formula is C18H15N3O2. The Bertz CT molecular complexity index is 924. The van der Waals surface area contributed by atoms with Crippen molar-refractivity contribution in [3.05, 3.63) is 42.5 Å². The van der Waals surface area contributed by atoms with E-state index in [0.717, 1.165) is 33.9 Å². The number of hydrogen-bond donors (Lipinski definition) is 0. The molecule has 5 nitrogen and oxygen atoms in total. The number of benzene rings is 2. The van der Waals surface area contributed by atoms with Crippen molar-refractivity contribution in [3.63, 3.8) is 0 Å². The smallest absolute Gasteiger partial charge is 0.231 e. The summed E-state index contributed by atoms with van der Waals surface area (Å²) >= 11 is 0. The van der Waals surface area contributed by atoms with Crippen LogP contribution in [0.1, 0.15) is 6.92 Å². The van der Waals surface area contributed by atoms with E-state index in [1.54, 1.807) is 0 Å². The van der Waals surface area contributed by atoms with Gasteiger partial charge in [-0.25, -0.2) is 4.98 Å². The molecule has 1 aliphatic rings. The summed E-state index contributed by atoms with van der Waals surface area (Å²) in [5, 5.41) is 9.17. The summed E-state index contributed by atoms with van der Waals surface area (Å²) in [5.74, 6) is 2.23. The number of aromatic nitrogens is 2. The molecule has 3 aromatic rings. The van der Waals surface area contributed by atoms with Crippen molar-refractivity contribution in [3.8, 4) is 29.0 Å². The average molecular weight is 305 g/mol. The van der Waals surface area contributed by atoms with Gasteiger partial charge in [-0.2, -0.15) is 5.26 Å². The van der Waals surface area contributed by atoms with Gasteiger partial charge in [0.05, 0.1) is 23.0 Å². The van der Waals surface area contributed by atoms with Crippen molar-refractivity contribution < 1.29 is 9.47 Å². The molecule has 4 rings (SSSR count). The van der Waals surface area contributed by atoms with E-state index in [1.165, 1.54) is 0 Å². The van der Waals surface area contributed by atoms with E-state index in [0.29, 0.717) is 6.54 Å². The largest absolute Gasteiger partial charge is 0.454 e. The van der Waals surface area contributed by atoms with Crippen LogP contribution < -0.4 is 9.47 Å². The summed E-state index contributed by atoms with van der Waals surface area (Å²) in [6.45, 7) is 2.76. The number of nitriles is 1. The van der Waals surface area contributed by atoms with Gasteiger partial charge in [0.25, 0.3) is 0 Å². The number of hydrogen-bond acceptors (Lipinski definition) is 4. The number of fused-ring (bicyclic) bond motifs is 2. The van der Waals surface area contributed by atoms with Gasteiger partial charge in [0.1, 0.15) is 5.82 Å². The fourth-order valence-corrected chi connectivity index (χ4v) is 2.83. The molecule has 2 aromatic carbocycles. The first-order chi connectivity index (χ1) is 11.3. The number of nitrogens with zero attached hydrogens (tertiary/aromatic N) is 3. The van der Waals surface area contributed by atoms with Crippen LogP contribution in [0, 0.1) is 17.2 Å². The number of rotatable bonds is 3. The van der Waals surface area contributed by atoms with Crippen LogP contribution in [0.2, 0.25) is 0 Å². The quantitative estimate of drug-likeness (QED) is 0.742. The minimum atomic E-state index is -0.0969. The maximum atomic E-state index is 9.17. The number of para-hydroxylation sites is 2. The molecule has 0 saturated heterocycles. The van der Waals surface area contributed by atoms with Crippen molar-refractivity contribution in [1.82, 2.24) is 9.55 Å². The first kappa shape index (κ1) is 13.6. The Labute approximate surface area is 133 Å². The van der Waals surface area contributed by atoms with E-state index in [2.05, 4.69) is 10.6 Å². The molecule has 0 spiro atoms. The summed E-state index contributed by atoms with van der Waals surface area (Å²) in [6, 6.07) is 16.1. The van der Waals surface area contributed by atoms with Crippen LogP contribution in [0.4, 0.5) is 0 Å².